The smallest absolute Gasteiger partial charge is 0.321 e. The van der Waals surface area contributed by atoms with Crippen LogP contribution in [0.4, 0.5) is 10.5 Å². The number of benzene rings is 1. The number of carbonyl (C=O) groups is 2. The summed E-state index contributed by atoms with van der Waals surface area (Å²) in [7, 11) is 0. The normalized spacial score (nSPS) is 18.0. The van der Waals surface area contributed by atoms with E-state index in [1.165, 1.54) is 0 Å². The van der Waals surface area contributed by atoms with Crippen molar-refractivity contribution < 1.29 is 14.1 Å². The minimum atomic E-state index is -0.115. The number of aryl methyl sites for hydroxylation is 1. The monoisotopic (exact) mass is 369 g/mol. The first-order valence-electron chi connectivity index (χ1n) is 9.19. The van der Waals surface area contributed by atoms with Crippen molar-refractivity contribution in [2.75, 3.05) is 44.2 Å². The highest BCUT2D eigenvalue weighted by atomic mass is 16.5. The minimum absolute atomic E-state index is 0.00612. The summed E-state index contributed by atoms with van der Waals surface area (Å²) in [5.74, 6) is 0.857. The van der Waals surface area contributed by atoms with Gasteiger partial charge >= 0.3 is 6.03 Å². The molecule has 1 N–H and O–H groups in total. The van der Waals surface area contributed by atoms with Crippen LogP contribution in [0.3, 0.4) is 0 Å². The summed E-state index contributed by atoms with van der Waals surface area (Å²) < 4.78 is 5.27. The van der Waals surface area contributed by atoms with Gasteiger partial charge in [0.1, 0.15) is 0 Å². The van der Waals surface area contributed by atoms with Crippen LogP contribution in [0, 0.1) is 6.92 Å². The maximum Gasteiger partial charge on any atom is 0.321 e. The number of piperazine rings is 1. The lowest BCUT2D eigenvalue weighted by Crippen LogP contribution is -2.48. The molecule has 27 heavy (non-hydrogen) atoms. The molecule has 2 aliphatic rings. The molecular formula is C19H23N5O3. The van der Waals surface area contributed by atoms with Crippen LogP contribution < -0.4 is 10.2 Å². The Kier molecular flexibility index (Phi) is 4.81. The zero-order valence-electron chi connectivity index (χ0n) is 15.4. The summed E-state index contributed by atoms with van der Waals surface area (Å²) in [5, 5.41) is 6.69. The number of hydrogen-bond acceptors (Lipinski definition) is 5. The number of nitrogens with zero attached hydrogens (tertiary/aromatic N) is 4. The van der Waals surface area contributed by atoms with Crippen molar-refractivity contribution in [2.24, 2.45) is 0 Å². The van der Waals surface area contributed by atoms with E-state index in [-0.39, 0.29) is 11.9 Å². The van der Waals surface area contributed by atoms with Gasteiger partial charge in [-0.05, 0) is 25.1 Å². The Morgan fingerprint density at radius 3 is 2.67 bits per heavy atom. The van der Waals surface area contributed by atoms with Crippen LogP contribution in [0.2, 0.25) is 0 Å². The Labute approximate surface area is 157 Å². The lowest BCUT2D eigenvalue weighted by molar-refractivity contribution is 0.0617. The molecule has 0 atom stereocenters. The Morgan fingerprint density at radius 2 is 2.00 bits per heavy atom. The van der Waals surface area contributed by atoms with Crippen molar-refractivity contribution in [3.8, 4) is 0 Å². The lowest BCUT2D eigenvalue weighted by Gasteiger charge is -2.34. The second-order valence-corrected chi connectivity index (χ2v) is 6.94. The third-order valence-corrected chi connectivity index (χ3v) is 4.98. The van der Waals surface area contributed by atoms with Gasteiger partial charge < -0.3 is 14.7 Å². The van der Waals surface area contributed by atoms with Gasteiger partial charge in [0.05, 0.1) is 12.2 Å². The molecule has 0 aliphatic carbocycles. The van der Waals surface area contributed by atoms with Crippen molar-refractivity contribution in [1.82, 2.24) is 20.3 Å². The van der Waals surface area contributed by atoms with Gasteiger partial charge in [-0.25, -0.2) is 4.79 Å². The summed E-state index contributed by atoms with van der Waals surface area (Å²) in [5.41, 5.74) is 2.26. The number of hydrogen-bond donors (Lipinski definition) is 1. The number of aromatic nitrogens is 1. The van der Waals surface area contributed by atoms with E-state index in [0.717, 1.165) is 30.2 Å². The molecule has 0 radical (unpaired) electrons. The van der Waals surface area contributed by atoms with Gasteiger partial charge in [0, 0.05) is 56.6 Å². The number of nitrogens with one attached hydrogen (secondary N) is 1. The molecule has 0 unspecified atom stereocenters. The van der Waals surface area contributed by atoms with Crippen LogP contribution >= 0.6 is 0 Å². The molecule has 3 heterocycles. The molecule has 2 saturated heterocycles. The van der Waals surface area contributed by atoms with Crippen molar-refractivity contribution in [2.45, 2.75) is 13.5 Å². The molecule has 8 nitrogen and oxygen atoms in total. The van der Waals surface area contributed by atoms with Gasteiger partial charge in [-0.15, -0.1) is 0 Å². The number of urea groups is 1. The average molecular weight is 369 g/mol. The quantitative estimate of drug-likeness (QED) is 0.883. The SMILES string of the molecule is Cc1cc(CN2CCN(C(=O)c3cccc(N4CCNC4=O)c3)CC2)on1. The van der Waals surface area contributed by atoms with Gasteiger partial charge in [-0.1, -0.05) is 11.2 Å². The van der Waals surface area contributed by atoms with Crippen molar-refractivity contribution >= 4 is 17.6 Å². The van der Waals surface area contributed by atoms with Crippen LogP contribution in [0.25, 0.3) is 0 Å². The predicted molar refractivity (Wildman–Crippen MR) is 99.6 cm³/mol. The van der Waals surface area contributed by atoms with Crippen molar-refractivity contribution in [1.29, 1.82) is 0 Å². The molecule has 0 saturated carbocycles. The first-order chi connectivity index (χ1) is 13.1. The van der Waals surface area contributed by atoms with Crippen LogP contribution in [0.15, 0.2) is 34.9 Å². The van der Waals surface area contributed by atoms with E-state index in [0.29, 0.717) is 38.3 Å². The summed E-state index contributed by atoms with van der Waals surface area (Å²) in [6.45, 7) is 6.78. The van der Waals surface area contributed by atoms with Gasteiger partial charge in [0.15, 0.2) is 5.76 Å². The van der Waals surface area contributed by atoms with Crippen LogP contribution in [-0.2, 0) is 6.54 Å². The molecule has 3 amide bonds. The molecule has 142 valence electrons. The Balaban J connectivity index is 1.37. The second-order valence-electron chi connectivity index (χ2n) is 6.94. The molecule has 4 rings (SSSR count). The maximum absolute atomic E-state index is 12.9. The molecule has 2 fully saturated rings. The van der Waals surface area contributed by atoms with Gasteiger partial charge in [0.25, 0.3) is 5.91 Å². The lowest BCUT2D eigenvalue weighted by atomic mass is 10.1. The van der Waals surface area contributed by atoms with Gasteiger partial charge in [0.2, 0.25) is 0 Å². The van der Waals surface area contributed by atoms with E-state index < -0.39 is 0 Å². The number of anilines is 1. The Hall–Kier alpha value is -2.87. The third-order valence-electron chi connectivity index (χ3n) is 4.98. The highest BCUT2D eigenvalue weighted by Gasteiger charge is 2.25. The average Bonchev–Trinajstić information content (AvgIpc) is 3.30. The first kappa shape index (κ1) is 17.5. The Morgan fingerprint density at radius 1 is 1.19 bits per heavy atom. The number of carbonyl (C=O) groups excluding carboxylic acids is 2. The van der Waals surface area contributed by atoms with E-state index in [2.05, 4.69) is 15.4 Å². The van der Waals surface area contributed by atoms with E-state index in [4.69, 9.17) is 4.52 Å². The van der Waals surface area contributed by atoms with Gasteiger partial charge in [-0.2, -0.15) is 0 Å². The highest BCUT2D eigenvalue weighted by molar-refractivity contribution is 5.98. The van der Waals surface area contributed by atoms with E-state index in [1.807, 2.05) is 36.1 Å². The van der Waals surface area contributed by atoms with Gasteiger partial charge in [-0.3, -0.25) is 14.6 Å². The van der Waals surface area contributed by atoms with Crippen LogP contribution in [-0.4, -0.2) is 66.2 Å². The molecule has 0 bridgehead atoms. The zero-order valence-corrected chi connectivity index (χ0v) is 15.4. The zero-order chi connectivity index (χ0) is 18.8. The summed E-state index contributed by atoms with van der Waals surface area (Å²) in [4.78, 5) is 30.5. The fourth-order valence-electron chi connectivity index (χ4n) is 3.53. The minimum Gasteiger partial charge on any atom is -0.360 e. The molecule has 2 aromatic rings. The highest BCUT2D eigenvalue weighted by Crippen LogP contribution is 2.20. The Bertz CT molecular complexity index is 841. The van der Waals surface area contributed by atoms with Crippen LogP contribution in [0.5, 0.6) is 0 Å². The first-order valence-corrected chi connectivity index (χ1v) is 9.19. The number of amides is 3. The molecule has 8 heteroatoms. The van der Waals surface area contributed by atoms with Crippen LogP contribution in [0.1, 0.15) is 21.8 Å². The summed E-state index contributed by atoms with van der Waals surface area (Å²) in [6.07, 6.45) is 0. The third kappa shape index (κ3) is 3.80. The molecule has 1 aromatic heterocycles. The summed E-state index contributed by atoms with van der Waals surface area (Å²) >= 11 is 0. The standard InChI is InChI=1S/C19H23N5O3/c1-14-11-17(27-21-14)13-22-7-9-23(10-8-22)18(25)15-3-2-4-16(12-15)24-6-5-20-19(24)26/h2-4,11-12H,5-10,13H2,1H3,(H,20,26). The molecular weight excluding hydrogens is 346 g/mol. The van der Waals surface area contributed by atoms with Crippen molar-refractivity contribution in [3.05, 3.63) is 47.3 Å². The summed E-state index contributed by atoms with van der Waals surface area (Å²) in [6, 6.07) is 9.13. The topological polar surface area (TPSA) is 81.9 Å². The van der Waals surface area contributed by atoms with E-state index in [9.17, 15) is 9.59 Å². The van der Waals surface area contributed by atoms with Crippen molar-refractivity contribution in [3.63, 3.8) is 0 Å². The van der Waals surface area contributed by atoms with E-state index in [1.54, 1.807) is 11.0 Å². The molecule has 2 aliphatic heterocycles. The second kappa shape index (κ2) is 7.40. The molecule has 0 spiro atoms. The predicted octanol–water partition coefficient (Wildman–Crippen LogP) is 1.47. The fourth-order valence-corrected chi connectivity index (χ4v) is 3.53. The largest absolute Gasteiger partial charge is 0.360 e. The van der Waals surface area contributed by atoms with E-state index >= 15 is 0 Å². The molecule has 1 aromatic carbocycles. The number of rotatable bonds is 4. The fraction of sp³-hybridized carbons (Fsp3) is 0.421. The maximum atomic E-state index is 12.9.